The number of nitrogens with zero attached hydrogens (tertiary/aromatic N) is 1. The number of carbonyl (C=O) groups is 2. The average Bonchev–Trinajstić information content (AvgIpc) is 2.99. The van der Waals surface area contributed by atoms with Gasteiger partial charge in [-0.1, -0.05) is 19.1 Å². The highest BCUT2D eigenvalue weighted by Crippen LogP contribution is 2.25. The van der Waals surface area contributed by atoms with Gasteiger partial charge in [0.25, 0.3) is 0 Å². The Morgan fingerprint density at radius 2 is 1.95 bits per heavy atom. The number of anilines is 1. The van der Waals surface area contributed by atoms with Gasteiger partial charge in [-0.15, -0.1) is 0 Å². The van der Waals surface area contributed by atoms with Crippen molar-refractivity contribution in [2.24, 2.45) is 0 Å². The van der Waals surface area contributed by atoms with E-state index in [1.807, 2.05) is 31.2 Å². The Hall–Kier alpha value is -1.88. The minimum Gasteiger partial charge on any atom is -0.349 e. The highest BCUT2D eigenvalue weighted by Gasteiger charge is 2.38. The van der Waals surface area contributed by atoms with E-state index < -0.39 is 5.54 Å². The van der Waals surface area contributed by atoms with Crippen molar-refractivity contribution in [1.29, 1.82) is 0 Å². The molecule has 0 bridgehead atoms. The number of likely N-dealkylation sites (N-methyl/N-ethyl adjacent to an activating group) is 1. The lowest BCUT2D eigenvalue weighted by Gasteiger charge is -2.26. The summed E-state index contributed by atoms with van der Waals surface area (Å²) in [6.07, 6.45) is 3.08. The molecule has 120 valence electrons. The van der Waals surface area contributed by atoms with Crippen LogP contribution in [0.15, 0.2) is 24.3 Å². The van der Waals surface area contributed by atoms with Gasteiger partial charge < -0.3 is 15.5 Å². The van der Waals surface area contributed by atoms with Gasteiger partial charge in [-0.25, -0.2) is 0 Å². The molecule has 2 N–H and O–H groups in total. The molecule has 5 heteroatoms. The quantitative estimate of drug-likeness (QED) is 0.872. The molecule has 1 saturated heterocycles. The molecule has 1 heterocycles. The second-order valence-corrected chi connectivity index (χ2v) is 6.08. The van der Waals surface area contributed by atoms with E-state index in [9.17, 15) is 9.59 Å². The van der Waals surface area contributed by atoms with Crippen LogP contribution in [0.4, 0.5) is 5.69 Å². The fraction of sp³-hybridized carbons (Fsp3) is 0.529. The lowest BCUT2D eigenvalue weighted by molar-refractivity contribution is -0.128. The number of carbonyl (C=O) groups excluding carboxylic acids is 2. The first kappa shape index (κ1) is 16.5. The lowest BCUT2D eigenvalue weighted by Crippen LogP contribution is -2.50. The Morgan fingerprint density at radius 3 is 2.45 bits per heavy atom. The van der Waals surface area contributed by atoms with Gasteiger partial charge in [0.2, 0.25) is 11.8 Å². The van der Waals surface area contributed by atoms with Gasteiger partial charge in [0, 0.05) is 19.8 Å². The first-order valence-electron chi connectivity index (χ1n) is 7.82. The summed E-state index contributed by atoms with van der Waals surface area (Å²) in [6, 6.07) is 7.48. The second kappa shape index (κ2) is 6.92. The number of hydrogen-bond acceptors (Lipinski definition) is 3. The number of benzene rings is 1. The number of hydrogen-bond donors (Lipinski definition) is 2. The predicted octanol–water partition coefficient (Wildman–Crippen LogP) is 1.79. The van der Waals surface area contributed by atoms with E-state index in [1.165, 1.54) is 0 Å². The smallest absolute Gasteiger partial charge is 0.244 e. The molecular weight excluding hydrogens is 278 g/mol. The maximum absolute atomic E-state index is 12.5. The molecule has 0 aromatic heterocycles. The van der Waals surface area contributed by atoms with Crippen LogP contribution < -0.4 is 10.6 Å². The summed E-state index contributed by atoms with van der Waals surface area (Å²) in [5.41, 5.74) is 1.29. The zero-order valence-electron chi connectivity index (χ0n) is 13.6. The molecule has 1 atom stereocenters. The molecule has 0 radical (unpaired) electrons. The van der Waals surface area contributed by atoms with Gasteiger partial charge in [-0.2, -0.15) is 0 Å². The molecule has 1 aliphatic heterocycles. The summed E-state index contributed by atoms with van der Waals surface area (Å²) in [5.74, 6) is 0.0986. The Bertz CT molecular complexity index is 531. The van der Waals surface area contributed by atoms with Gasteiger partial charge >= 0.3 is 0 Å². The van der Waals surface area contributed by atoms with E-state index in [4.69, 9.17) is 0 Å². The van der Waals surface area contributed by atoms with Crippen molar-refractivity contribution in [2.45, 2.75) is 38.1 Å². The zero-order chi connectivity index (χ0) is 16.2. The van der Waals surface area contributed by atoms with Crippen LogP contribution in [-0.2, 0) is 16.0 Å². The molecule has 1 aromatic carbocycles. The van der Waals surface area contributed by atoms with Gasteiger partial charge in [-0.3, -0.25) is 9.59 Å². The first-order chi connectivity index (χ1) is 10.5. The van der Waals surface area contributed by atoms with E-state index in [2.05, 4.69) is 10.6 Å². The Kier molecular flexibility index (Phi) is 5.19. The minimum absolute atomic E-state index is 0.0321. The van der Waals surface area contributed by atoms with Crippen LogP contribution in [0.25, 0.3) is 0 Å². The van der Waals surface area contributed by atoms with Crippen molar-refractivity contribution in [2.75, 3.05) is 26.0 Å². The van der Waals surface area contributed by atoms with Crippen LogP contribution in [0.2, 0.25) is 0 Å². The van der Waals surface area contributed by atoms with Gasteiger partial charge in [0.1, 0.15) is 0 Å². The molecule has 0 saturated carbocycles. The summed E-state index contributed by atoms with van der Waals surface area (Å²) < 4.78 is 0. The van der Waals surface area contributed by atoms with Crippen LogP contribution in [0.3, 0.4) is 0 Å². The van der Waals surface area contributed by atoms with Crippen molar-refractivity contribution in [3.8, 4) is 0 Å². The molecule has 1 unspecified atom stereocenters. The van der Waals surface area contributed by atoms with Crippen molar-refractivity contribution < 1.29 is 9.59 Å². The van der Waals surface area contributed by atoms with E-state index in [0.29, 0.717) is 6.42 Å². The van der Waals surface area contributed by atoms with Crippen molar-refractivity contribution in [3.05, 3.63) is 29.8 Å². The largest absolute Gasteiger partial charge is 0.349 e. The van der Waals surface area contributed by atoms with E-state index in [0.717, 1.165) is 37.1 Å². The van der Waals surface area contributed by atoms with E-state index >= 15 is 0 Å². The lowest BCUT2D eigenvalue weighted by atomic mass is 9.93. The Morgan fingerprint density at radius 1 is 1.27 bits per heavy atom. The summed E-state index contributed by atoms with van der Waals surface area (Å²) in [6.45, 7) is 2.93. The molecule has 22 heavy (non-hydrogen) atoms. The summed E-state index contributed by atoms with van der Waals surface area (Å²) >= 11 is 0. The first-order valence-corrected chi connectivity index (χ1v) is 7.82. The maximum atomic E-state index is 12.5. The predicted molar refractivity (Wildman–Crippen MR) is 87.7 cm³/mol. The van der Waals surface area contributed by atoms with Crippen LogP contribution in [0.1, 0.15) is 31.7 Å². The van der Waals surface area contributed by atoms with E-state index in [-0.39, 0.29) is 11.8 Å². The van der Waals surface area contributed by atoms with E-state index in [1.54, 1.807) is 19.0 Å². The van der Waals surface area contributed by atoms with Crippen LogP contribution in [0, 0.1) is 0 Å². The van der Waals surface area contributed by atoms with Crippen LogP contribution >= 0.6 is 0 Å². The third-order valence-electron chi connectivity index (χ3n) is 4.35. The molecule has 5 nitrogen and oxygen atoms in total. The average molecular weight is 303 g/mol. The van der Waals surface area contributed by atoms with Crippen LogP contribution in [-0.4, -0.2) is 42.9 Å². The highest BCUT2D eigenvalue weighted by molar-refractivity contribution is 5.98. The monoisotopic (exact) mass is 303 g/mol. The normalized spacial score (nSPS) is 20.7. The van der Waals surface area contributed by atoms with Crippen molar-refractivity contribution in [1.82, 2.24) is 10.2 Å². The Balaban J connectivity index is 1.99. The molecule has 0 aliphatic carbocycles. The number of nitrogens with one attached hydrogen (secondary N) is 2. The van der Waals surface area contributed by atoms with Crippen LogP contribution in [0.5, 0.6) is 0 Å². The fourth-order valence-electron chi connectivity index (χ4n) is 2.75. The number of rotatable bonds is 5. The second-order valence-electron chi connectivity index (χ2n) is 6.08. The van der Waals surface area contributed by atoms with Crippen molar-refractivity contribution >= 4 is 17.5 Å². The Labute approximate surface area is 132 Å². The number of amides is 2. The van der Waals surface area contributed by atoms with Crippen molar-refractivity contribution in [3.63, 3.8) is 0 Å². The fourth-order valence-corrected chi connectivity index (χ4v) is 2.75. The van der Waals surface area contributed by atoms with Gasteiger partial charge in [0.05, 0.1) is 12.0 Å². The summed E-state index contributed by atoms with van der Waals surface area (Å²) in [4.78, 5) is 25.7. The molecule has 1 aliphatic rings. The molecule has 2 amide bonds. The minimum atomic E-state index is -0.431. The molecular formula is C17H25N3O2. The van der Waals surface area contributed by atoms with Gasteiger partial charge in [-0.05, 0) is 43.5 Å². The SMILES string of the molecule is CCC1(C(=O)Nc2ccc(CC(=O)N(C)C)cc2)CCCN1. The summed E-state index contributed by atoms with van der Waals surface area (Å²) in [7, 11) is 3.49. The molecule has 1 aromatic rings. The maximum Gasteiger partial charge on any atom is 0.244 e. The zero-order valence-corrected chi connectivity index (χ0v) is 13.6. The molecule has 0 spiro atoms. The highest BCUT2D eigenvalue weighted by atomic mass is 16.2. The third-order valence-corrected chi connectivity index (χ3v) is 4.35. The summed E-state index contributed by atoms with van der Waals surface area (Å²) in [5, 5.41) is 6.31. The topological polar surface area (TPSA) is 61.4 Å². The standard InChI is InChI=1S/C17H25N3O2/c1-4-17(10-5-11-18-17)16(22)19-14-8-6-13(7-9-14)12-15(21)20(2)3/h6-9,18H,4-5,10-12H2,1-3H3,(H,19,22). The van der Waals surface area contributed by atoms with Gasteiger partial charge in [0.15, 0.2) is 0 Å². The third kappa shape index (κ3) is 3.65. The molecule has 2 rings (SSSR count). The molecule has 1 fully saturated rings.